The fourth-order valence-corrected chi connectivity index (χ4v) is 3.52. The number of benzene rings is 2. The van der Waals surface area contributed by atoms with Crippen LogP contribution in [0.5, 0.6) is 0 Å². The molecule has 7 nitrogen and oxygen atoms in total. The molecule has 1 amide bonds. The molecule has 25 heavy (non-hydrogen) atoms. The lowest BCUT2D eigenvalue weighted by Crippen LogP contribution is -2.35. The Balaban J connectivity index is 2.44. The third kappa shape index (κ3) is 4.54. The van der Waals surface area contributed by atoms with Gasteiger partial charge in [0.2, 0.25) is 5.91 Å². The van der Waals surface area contributed by atoms with Gasteiger partial charge in [-0.2, -0.15) is 0 Å². The molecule has 0 aromatic heterocycles. The number of nitrogens with one attached hydrogen (secondary N) is 1. The molecule has 0 unspecified atom stereocenters. The van der Waals surface area contributed by atoms with E-state index in [1.165, 1.54) is 43.3 Å². The Kier molecular flexibility index (Phi) is 5.38. The number of rotatable bonds is 6. The van der Waals surface area contributed by atoms with Crippen LogP contribution >= 0.6 is 0 Å². The average molecular weight is 366 g/mol. The van der Waals surface area contributed by atoms with Gasteiger partial charge in [-0.3, -0.25) is 13.9 Å². The fraction of sp³-hybridized carbons (Fsp3) is 0.125. The second-order valence-corrected chi connectivity index (χ2v) is 6.95. The fourth-order valence-electron chi connectivity index (χ4n) is 2.11. The maximum Gasteiger partial charge on any atom is 0.324 e. The van der Waals surface area contributed by atoms with Gasteiger partial charge in [-0.25, -0.2) is 12.8 Å². The van der Waals surface area contributed by atoms with E-state index in [0.29, 0.717) is 9.99 Å². The predicted octanol–water partition coefficient (Wildman–Crippen LogP) is 2.06. The maximum absolute atomic E-state index is 13.4. The molecule has 132 valence electrons. The van der Waals surface area contributed by atoms with Crippen molar-refractivity contribution in [3.63, 3.8) is 0 Å². The Bertz CT molecular complexity index is 897. The van der Waals surface area contributed by atoms with E-state index in [1.54, 1.807) is 0 Å². The third-order valence-corrected chi connectivity index (χ3v) is 4.93. The molecule has 2 aromatic rings. The summed E-state index contributed by atoms with van der Waals surface area (Å²) in [7, 11) is -4.24. The Morgan fingerprint density at radius 1 is 1.16 bits per heavy atom. The number of carbonyl (C=O) groups is 2. The van der Waals surface area contributed by atoms with Crippen LogP contribution in [0.25, 0.3) is 0 Å². The van der Waals surface area contributed by atoms with Gasteiger partial charge in [0, 0.05) is 12.6 Å². The number of amides is 1. The summed E-state index contributed by atoms with van der Waals surface area (Å²) in [6.07, 6.45) is 0. The summed E-state index contributed by atoms with van der Waals surface area (Å²) in [6.45, 7) is 0.447. The zero-order valence-corrected chi connectivity index (χ0v) is 14.0. The largest absolute Gasteiger partial charge is 0.480 e. The minimum Gasteiger partial charge on any atom is -0.480 e. The number of hydrogen-bond donors (Lipinski definition) is 2. The molecule has 2 aromatic carbocycles. The van der Waals surface area contributed by atoms with Crippen molar-refractivity contribution in [2.45, 2.75) is 11.8 Å². The van der Waals surface area contributed by atoms with E-state index in [0.717, 1.165) is 12.1 Å². The molecule has 0 heterocycles. The molecular weight excluding hydrogens is 351 g/mol. The van der Waals surface area contributed by atoms with Gasteiger partial charge >= 0.3 is 5.97 Å². The molecule has 0 fully saturated rings. The topological polar surface area (TPSA) is 104 Å². The zero-order valence-electron chi connectivity index (χ0n) is 13.1. The Hall–Kier alpha value is -2.94. The number of carboxylic acids is 1. The molecule has 0 saturated heterocycles. The predicted molar refractivity (Wildman–Crippen MR) is 89.3 cm³/mol. The van der Waals surface area contributed by atoms with Crippen LogP contribution in [0.2, 0.25) is 0 Å². The number of carbonyl (C=O) groups excluding carboxylic acids is 1. The van der Waals surface area contributed by atoms with Crippen molar-refractivity contribution in [3.05, 3.63) is 54.3 Å². The standard InChI is InChI=1S/C16H15FN2O5S/c1-11(20)18-13-5-7-15(8-6-13)25(23,24)19(10-16(21)22)14-4-2-3-12(17)9-14/h2-9H,10H2,1H3,(H,18,20)(H,21,22). The van der Waals surface area contributed by atoms with Crippen molar-refractivity contribution in [2.75, 3.05) is 16.2 Å². The van der Waals surface area contributed by atoms with Gasteiger partial charge in [0.05, 0.1) is 10.6 Å². The van der Waals surface area contributed by atoms with Crippen molar-refractivity contribution in [2.24, 2.45) is 0 Å². The molecule has 0 radical (unpaired) electrons. The van der Waals surface area contributed by atoms with Gasteiger partial charge in [-0.05, 0) is 42.5 Å². The average Bonchev–Trinajstić information content (AvgIpc) is 2.52. The van der Waals surface area contributed by atoms with E-state index >= 15 is 0 Å². The Labute approximate surface area is 143 Å². The molecule has 2 rings (SSSR count). The van der Waals surface area contributed by atoms with Gasteiger partial charge in [0.15, 0.2) is 0 Å². The molecule has 0 saturated carbocycles. The first kappa shape index (κ1) is 18.4. The highest BCUT2D eigenvalue weighted by Gasteiger charge is 2.27. The maximum atomic E-state index is 13.4. The monoisotopic (exact) mass is 366 g/mol. The molecular formula is C16H15FN2O5S. The van der Waals surface area contributed by atoms with Crippen molar-refractivity contribution < 1.29 is 27.5 Å². The number of nitrogens with zero attached hydrogens (tertiary/aromatic N) is 1. The van der Waals surface area contributed by atoms with E-state index < -0.39 is 28.4 Å². The highest BCUT2D eigenvalue weighted by Crippen LogP contribution is 2.25. The Morgan fingerprint density at radius 2 is 1.80 bits per heavy atom. The highest BCUT2D eigenvalue weighted by atomic mass is 32.2. The summed E-state index contributed by atoms with van der Waals surface area (Å²) < 4.78 is 39.6. The Morgan fingerprint density at radius 3 is 2.32 bits per heavy atom. The van der Waals surface area contributed by atoms with Gasteiger partial charge in [0.1, 0.15) is 12.4 Å². The normalized spacial score (nSPS) is 11.0. The number of anilines is 2. The molecule has 0 aliphatic heterocycles. The van der Waals surface area contributed by atoms with Crippen molar-refractivity contribution in [1.82, 2.24) is 0 Å². The molecule has 0 aliphatic carbocycles. The van der Waals surface area contributed by atoms with Crippen molar-refractivity contribution in [3.8, 4) is 0 Å². The first-order chi connectivity index (χ1) is 11.7. The van der Waals surface area contributed by atoms with Crippen molar-refractivity contribution >= 4 is 33.3 Å². The summed E-state index contributed by atoms with van der Waals surface area (Å²) in [6, 6.07) is 9.86. The first-order valence-electron chi connectivity index (χ1n) is 7.08. The summed E-state index contributed by atoms with van der Waals surface area (Å²) in [4.78, 5) is 21.9. The van der Waals surface area contributed by atoms with Crippen LogP contribution in [0.3, 0.4) is 0 Å². The van der Waals surface area contributed by atoms with Crippen molar-refractivity contribution in [1.29, 1.82) is 0 Å². The molecule has 0 aliphatic rings. The van der Waals surface area contributed by atoms with E-state index in [-0.39, 0.29) is 16.5 Å². The smallest absolute Gasteiger partial charge is 0.324 e. The van der Waals surface area contributed by atoms with E-state index in [1.807, 2.05) is 0 Å². The molecule has 0 atom stereocenters. The van der Waals surface area contributed by atoms with Crippen LogP contribution in [0.15, 0.2) is 53.4 Å². The molecule has 9 heteroatoms. The van der Waals surface area contributed by atoms with Crippen LogP contribution in [0.4, 0.5) is 15.8 Å². The van der Waals surface area contributed by atoms with E-state index in [9.17, 15) is 22.4 Å². The summed E-state index contributed by atoms with van der Waals surface area (Å²) >= 11 is 0. The lowest BCUT2D eigenvalue weighted by molar-refractivity contribution is -0.135. The zero-order chi connectivity index (χ0) is 18.6. The lowest BCUT2D eigenvalue weighted by Gasteiger charge is -2.22. The van der Waals surface area contributed by atoms with Crippen LogP contribution < -0.4 is 9.62 Å². The summed E-state index contributed by atoms with van der Waals surface area (Å²) in [5.41, 5.74) is 0.287. The number of carboxylic acid groups (broad SMARTS) is 1. The second kappa shape index (κ2) is 7.31. The number of sulfonamides is 1. The minimum absolute atomic E-state index is 0.103. The van der Waals surface area contributed by atoms with E-state index in [2.05, 4.69) is 5.32 Å². The molecule has 0 spiro atoms. The second-order valence-electron chi connectivity index (χ2n) is 5.09. The minimum atomic E-state index is -4.24. The van der Waals surface area contributed by atoms with Gasteiger partial charge < -0.3 is 10.4 Å². The van der Waals surface area contributed by atoms with E-state index in [4.69, 9.17) is 5.11 Å². The van der Waals surface area contributed by atoms with Gasteiger partial charge in [0.25, 0.3) is 10.0 Å². The lowest BCUT2D eigenvalue weighted by atomic mass is 10.3. The number of aliphatic carboxylic acids is 1. The number of hydrogen-bond acceptors (Lipinski definition) is 4. The molecule has 0 bridgehead atoms. The SMILES string of the molecule is CC(=O)Nc1ccc(S(=O)(=O)N(CC(=O)O)c2cccc(F)c2)cc1. The van der Waals surface area contributed by atoms with Gasteiger partial charge in [-0.1, -0.05) is 6.07 Å². The number of halogens is 1. The molecule has 2 N–H and O–H groups in total. The quantitative estimate of drug-likeness (QED) is 0.814. The van der Waals surface area contributed by atoms with Gasteiger partial charge in [-0.15, -0.1) is 0 Å². The van der Waals surface area contributed by atoms with Crippen LogP contribution in [-0.2, 0) is 19.6 Å². The summed E-state index contributed by atoms with van der Waals surface area (Å²) in [5, 5.41) is 11.5. The van der Waals surface area contributed by atoms with Crippen LogP contribution in [-0.4, -0.2) is 31.9 Å². The summed E-state index contributed by atoms with van der Waals surface area (Å²) in [5.74, 6) is -2.39. The first-order valence-corrected chi connectivity index (χ1v) is 8.52. The third-order valence-electron chi connectivity index (χ3n) is 3.14. The van der Waals surface area contributed by atoms with Crippen LogP contribution in [0, 0.1) is 5.82 Å². The van der Waals surface area contributed by atoms with Crippen LogP contribution in [0.1, 0.15) is 6.92 Å². The highest BCUT2D eigenvalue weighted by molar-refractivity contribution is 7.92.